The molecule has 35 heavy (non-hydrogen) atoms. The Morgan fingerprint density at radius 3 is 2.31 bits per heavy atom. The van der Waals surface area contributed by atoms with Crippen molar-refractivity contribution in [3.63, 3.8) is 0 Å². The summed E-state index contributed by atoms with van der Waals surface area (Å²) in [6.45, 7) is 7.62. The van der Waals surface area contributed by atoms with Gasteiger partial charge in [-0.3, -0.25) is 13.9 Å². The molecule has 0 saturated carbocycles. The Morgan fingerprint density at radius 2 is 1.77 bits per heavy atom. The Hall–Kier alpha value is -2.29. The second-order valence-electron chi connectivity index (χ2n) is 8.93. The predicted octanol–water partition coefficient (Wildman–Crippen LogP) is 4.65. The van der Waals surface area contributed by atoms with Crippen molar-refractivity contribution in [3.8, 4) is 0 Å². The second-order valence-corrected chi connectivity index (χ2v) is 11.7. The molecule has 0 aliphatic rings. The minimum Gasteiger partial charge on any atom is -0.354 e. The highest BCUT2D eigenvalue weighted by molar-refractivity contribution is 7.92. The molecule has 2 aromatic rings. The Balaban J connectivity index is 2.46. The largest absolute Gasteiger partial charge is 0.354 e. The summed E-state index contributed by atoms with van der Waals surface area (Å²) in [5.74, 6) is -0.594. The van der Waals surface area contributed by atoms with Gasteiger partial charge in [0.25, 0.3) is 0 Å². The lowest BCUT2D eigenvalue weighted by Gasteiger charge is -2.33. The lowest BCUT2D eigenvalue weighted by Crippen LogP contribution is -2.52. The second kappa shape index (κ2) is 12.6. The van der Waals surface area contributed by atoms with E-state index in [2.05, 4.69) is 5.32 Å². The third-order valence-electron chi connectivity index (χ3n) is 5.40. The van der Waals surface area contributed by atoms with Crippen molar-refractivity contribution in [2.45, 2.75) is 46.7 Å². The number of benzene rings is 2. The summed E-state index contributed by atoms with van der Waals surface area (Å²) < 4.78 is 26.3. The molecule has 0 unspecified atom stereocenters. The molecule has 0 aliphatic heterocycles. The van der Waals surface area contributed by atoms with E-state index < -0.39 is 28.5 Å². The number of hydrogen-bond donors (Lipinski definition) is 1. The highest BCUT2D eigenvalue weighted by Crippen LogP contribution is 2.25. The van der Waals surface area contributed by atoms with E-state index in [0.29, 0.717) is 34.3 Å². The Labute approximate surface area is 218 Å². The maximum atomic E-state index is 13.7. The van der Waals surface area contributed by atoms with Gasteiger partial charge < -0.3 is 10.2 Å². The lowest BCUT2D eigenvalue weighted by atomic mass is 10.1. The van der Waals surface area contributed by atoms with Crippen molar-refractivity contribution in [2.75, 3.05) is 23.7 Å². The summed E-state index contributed by atoms with van der Waals surface area (Å²) in [6.07, 6.45) is 1.39. The molecule has 0 aliphatic carbocycles. The van der Waals surface area contributed by atoms with Crippen LogP contribution in [0.3, 0.4) is 0 Å². The average molecular weight is 543 g/mol. The zero-order valence-corrected chi connectivity index (χ0v) is 23.0. The van der Waals surface area contributed by atoms with Gasteiger partial charge in [-0.15, -0.1) is 0 Å². The van der Waals surface area contributed by atoms with Crippen LogP contribution in [0.1, 0.15) is 38.3 Å². The van der Waals surface area contributed by atoms with Crippen molar-refractivity contribution in [3.05, 3.63) is 63.6 Å². The lowest BCUT2D eigenvalue weighted by molar-refractivity contribution is -0.140. The number of nitrogens with zero attached hydrogens (tertiary/aromatic N) is 2. The van der Waals surface area contributed by atoms with Gasteiger partial charge in [0.2, 0.25) is 21.8 Å². The molecule has 0 heterocycles. The number of hydrogen-bond acceptors (Lipinski definition) is 4. The molecule has 0 radical (unpaired) electrons. The van der Waals surface area contributed by atoms with Crippen LogP contribution in [0, 0.1) is 12.8 Å². The Morgan fingerprint density at radius 1 is 1.09 bits per heavy atom. The van der Waals surface area contributed by atoms with E-state index in [1.165, 1.54) is 4.90 Å². The third-order valence-corrected chi connectivity index (χ3v) is 7.12. The first-order valence-electron chi connectivity index (χ1n) is 11.4. The summed E-state index contributed by atoms with van der Waals surface area (Å²) in [5.41, 5.74) is 1.83. The summed E-state index contributed by atoms with van der Waals surface area (Å²) in [5, 5.41) is 3.68. The van der Waals surface area contributed by atoms with E-state index >= 15 is 0 Å². The minimum atomic E-state index is -3.78. The monoisotopic (exact) mass is 541 g/mol. The van der Waals surface area contributed by atoms with E-state index in [-0.39, 0.29) is 18.4 Å². The first kappa shape index (κ1) is 28.9. The number of aryl methyl sites for hydroxylation is 1. The van der Waals surface area contributed by atoms with Gasteiger partial charge in [-0.25, -0.2) is 8.42 Å². The fourth-order valence-corrected chi connectivity index (χ4v) is 4.88. The van der Waals surface area contributed by atoms with Crippen LogP contribution in [0.15, 0.2) is 42.5 Å². The number of sulfonamides is 1. The van der Waals surface area contributed by atoms with Crippen LogP contribution in [-0.2, 0) is 26.2 Å². The smallest absolute Gasteiger partial charge is 0.244 e. The van der Waals surface area contributed by atoms with Gasteiger partial charge >= 0.3 is 0 Å². The summed E-state index contributed by atoms with van der Waals surface area (Å²) in [7, 11) is -3.78. The van der Waals surface area contributed by atoms with Gasteiger partial charge in [0, 0.05) is 23.1 Å². The molecule has 0 saturated heterocycles. The summed E-state index contributed by atoms with van der Waals surface area (Å²) in [4.78, 5) is 28.1. The average Bonchev–Trinajstić information content (AvgIpc) is 2.76. The zero-order valence-electron chi connectivity index (χ0n) is 20.7. The van der Waals surface area contributed by atoms with E-state index in [9.17, 15) is 18.0 Å². The highest BCUT2D eigenvalue weighted by Gasteiger charge is 2.32. The Kier molecular flexibility index (Phi) is 10.4. The molecular formula is C25H33Cl2N3O4S. The van der Waals surface area contributed by atoms with Crippen molar-refractivity contribution in [1.82, 2.24) is 10.2 Å². The maximum absolute atomic E-state index is 13.7. The fraction of sp³-hybridized carbons (Fsp3) is 0.440. The normalized spacial score (nSPS) is 12.3. The van der Waals surface area contributed by atoms with E-state index in [4.69, 9.17) is 23.2 Å². The molecule has 1 atom stereocenters. The molecule has 1 N–H and O–H groups in total. The number of carbonyl (C=O) groups is 2. The van der Waals surface area contributed by atoms with Gasteiger partial charge in [-0.1, -0.05) is 62.2 Å². The van der Waals surface area contributed by atoms with Crippen molar-refractivity contribution in [2.24, 2.45) is 5.92 Å². The van der Waals surface area contributed by atoms with Gasteiger partial charge in [0.05, 0.1) is 11.9 Å². The maximum Gasteiger partial charge on any atom is 0.244 e. The molecule has 2 rings (SSSR count). The number of rotatable bonds is 11. The molecule has 7 nitrogen and oxygen atoms in total. The molecule has 0 spiro atoms. The standard InChI is InChI=1S/C25H33Cl2N3O4S/c1-6-23(25(32)28-14-17(2)3)29(15-19-10-11-20(26)13-22(19)27)24(31)16-30(35(5,33)34)21-9-7-8-18(4)12-21/h7-13,17,23H,6,14-16H2,1-5H3,(H,28,32)/t23-/m0/s1. The van der Waals surface area contributed by atoms with E-state index in [1.807, 2.05) is 26.8 Å². The molecule has 0 fully saturated rings. The van der Waals surface area contributed by atoms with Crippen LogP contribution < -0.4 is 9.62 Å². The van der Waals surface area contributed by atoms with Crippen molar-refractivity contribution < 1.29 is 18.0 Å². The van der Waals surface area contributed by atoms with Crippen LogP contribution in [0.5, 0.6) is 0 Å². The fourth-order valence-electron chi connectivity index (χ4n) is 3.57. The van der Waals surface area contributed by atoms with Crippen LogP contribution in [-0.4, -0.2) is 50.5 Å². The van der Waals surface area contributed by atoms with Gasteiger partial charge in [0.15, 0.2) is 0 Å². The first-order chi connectivity index (χ1) is 16.3. The molecule has 2 aromatic carbocycles. The number of anilines is 1. The third kappa shape index (κ3) is 8.40. The topological polar surface area (TPSA) is 86.8 Å². The number of halogens is 2. The molecule has 0 aromatic heterocycles. The number of nitrogens with one attached hydrogen (secondary N) is 1. The van der Waals surface area contributed by atoms with Crippen molar-refractivity contribution in [1.29, 1.82) is 0 Å². The van der Waals surface area contributed by atoms with Gasteiger partial charge in [0.1, 0.15) is 12.6 Å². The van der Waals surface area contributed by atoms with Crippen LogP contribution >= 0.6 is 23.2 Å². The highest BCUT2D eigenvalue weighted by atomic mass is 35.5. The first-order valence-corrected chi connectivity index (χ1v) is 14.0. The zero-order chi connectivity index (χ0) is 26.3. The Bertz CT molecular complexity index is 1160. The summed E-state index contributed by atoms with van der Waals surface area (Å²) in [6, 6.07) is 11.0. The van der Waals surface area contributed by atoms with Gasteiger partial charge in [-0.2, -0.15) is 0 Å². The van der Waals surface area contributed by atoms with Gasteiger partial charge in [-0.05, 0) is 54.7 Å². The number of amides is 2. The predicted molar refractivity (Wildman–Crippen MR) is 142 cm³/mol. The molecule has 192 valence electrons. The molecule has 10 heteroatoms. The minimum absolute atomic E-state index is 0.0217. The van der Waals surface area contributed by atoms with Crippen LogP contribution in [0.25, 0.3) is 0 Å². The quantitative estimate of drug-likeness (QED) is 0.448. The van der Waals surface area contributed by atoms with Crippen LogP contribution in [0.2, 0.25) is 10.0 Å². The molecule has 0 bridgehead atoms. The number of carbonyl (C=O) groups excluding carboxylic acids is 2. The van der Waals surface area contributed by atoms with Crippen LogP contribution in [0.4, 0.5) is 5.69 Å². The SMILES string of the molecule is CC[C@@H](C(=O)NCC(C)C)N(Cc1ccc(Cl)cc1Cl)C(=O)CN(c1cccc(C)c1)S(C)(=O)=O. The molecule has 2 amide bonds. The van der Waals surface area contributed by atoms with E-state index in [1.54, 1.807) is 43.3 Å². The van der Waals surface area contributed by atoms with Crippen molar-refractivity contribution >= 4 is 50.7 Å². The summed E-state index contributed by atoms with van der Waals surface area (Å²) >= 11 is 12.4. The molecular weight excluding hydrogens is 509 g/mol. The van der Waals surface area contributed by atoms with E-state index in [0.717, 1.165) is 16.1 Å².